The summed E-state index contributed by atoms with van der Waals surface area (Å²) in [5.74, 6) is 1.32. The number of hydrogen-bond donors (Lipinski definition) is 3. The summed E-state index contributed by atoms with van der Waals surface area (Å²) in [6, 6.07) is 0. The Hall–Kier alpha value is 0.464. The molecule has 0 bridgehead atoms. The van der Waals surface area contributed by atoms with Crippen molar-refractivity contribution in [3.05, 3.63) is 0 Å². The molecule has 0 spiro atoms. The first-order valence-corrected chi connectivity index (χ1v) is 5.64. The smallest absolute Gasteiger partial charge is 0.0453 e. The first-order chi connectivity index (χ1) is 6.81. The Morgan fingerprint density at radius 1 is 0.562 bits per heavy atom. The van der Waals surface area contributed by atoms with Crippen LogP contribution in [0.25, 0.3) is 0 Å². The molecule has 16 heavy (non-hydrogen) atoms. The number of hydrogen-bond acceptors (Lipinski definition) is 3. The van der Waals surface area contributed by atoms with Gasteiger partial charge in [0.15, 0.2) is 0 Å². The molecule has 101 valence electrons. The minimum absolute atomic E-state index is 0. The van der Waals surface area contributed by atoms with E-state index in [0.29, 0.717) is 37.6 Å². The second-order valence-electron chi connectivity index (χ2n) is 4.73. The molecule has 0 atom stereocenters. The van der Waals surface area contributed by atoms with Crippen LogP contribution in [-0.2, 0) is 18.6 Å². The molecule has 3 nitrogen and oxygen atoms in total. The molecular weight excluding hydrogens is 243 g/mol. The van der Waals surface area contributed by atoms with Gasteiger partial charge in [0, 0.05) is 38.4 Å². The largest absolute Gasteiger partial charge is 0.396 e. The Labute approximate surface area is 113 Å². The van der Waals surface area contributed by atoms with Crippen LogP contribution < -0.4 is 0 Å². The van der Waals surface area contributed by atoms with Gasteiger partial charge in [-0.1, -0.05) is 41.5 Å². The molecule has 1 radical (unpaired) electrons. The zero-order chi connectivity index (χ0) is 12.9. The molecule has 0 amide bonds. The van der Waals surface area contributed by atoms with Gasteiger partial charge in [-0.15, -0.1) is 0 Å². The molecule has 0 aromatic rings. The molecule has 3 N–H and O–H groups in total. The third-order valence-corrected chi connectivity index (χ3v) is 1.10. The van der Waals surface area contributed by atoms with Gasteiger partial charge in [-0.25, -0.2) is 0 Å². The van der Waals surface area contributed by atoms with Crippen LogP contribution in [0.3, 0.4) is 0 Å². The second-order valence-corrected chi connectivity index (χ2v) is 4.73. The van der Waals surface area contributed by atoms with Gasteiger partial charge in [0.1, 0.15) is 0 Å². The van der Waals surface area contributed by atoms with Crippen molar-refractivity contribution in [2.45, 2.75) is 41.5 Å². The van der Waals surface area contributed by atoms with Gasteiger partial charge in [-0.2, -0.15) is 0 Å². The van der Waals surface area contributed by atoms with Crippen LogP contribution in [0.1, 0.15) is 41.5 Å². The predicted octanol–water partition coefficient (Wildman–Crippen LogP) is 1.90. The quantitative estimate of drug-likeness (QED) is 0.736. The molecule has 0 aromatic carbocycles. The number of rotatable bonds is 3. The average molecular weight is 273 g/mol. The van der Waals surface area contributed by atoms with Crippen LogP contribution in [0.5, 0.6) is 0 Å². The van der Waals surface area contributed by atoms with Crippen LogP contribution in [0.4, 0.5) is 0 Å². The van der Waals surface area contributed by atoms with Gasteiger partial charge in [-0.3, -0.25) is 0 Å². The van der Waals surface area contributed by atoms with Crippen LogP contribution >= 0.6 is 0 Å². The first kappa shape index (κ1) is 25.3. The van der Waals surface area contributed by atoms with Crippen LogP contribution in [0.2, 0.25) is 0 Å². The number of aliphatic hydroxyl groups excluding tert-OH is 3. The fraction of sp³-hybridized carbons (Fsp3) is 1.00. The van der Waals surface area contributed by atoms with Crippen LogP contribution in [0, 0.1) is 17.8 Å². The topological polar surface area (TPSA) is 60.7 Å². The van der Waals surface area contributed by atoms with Gasteiger partial charge in [-0.05, 0) is 17.8 Å². The van der Waals surface area contributed by atoms with Gasteiger partial charge in [0.05, 0.1) is 0 Å². The van der Waals surface area contributed by atoms with Crippen molar-refractivity contribution < 1.29 is 33.9 Å². The van der Waals surface area contributed by atoms with Gasteiger partial charge in [0.25, 0.3) is 0 Å². The fourth-order valence-corrected chi connectivity index (χ4v) is 0. The van der Waals surface area contributed by atoms with E-state index in [0.717, 1.165) is 0 Å². The monoisotopic (exact) mass is 273 g/mol. The molecular formula is C12H30O3V. The fourth-order valence-electron chi connectivity index (χ4n) is 0. The molecule has 0 saturated carbocycles. The summed E-state index contributed by atoms with van der Waals surface area (Å²) in [6.07, 6.45) is 0. The molecule has 0 aliphatic carbocycles. The van der Waals surface area contributed by atoms with Crippen molar-refractivity contribution in [2.24, 2.45) is 17.8 Å². The maximum Gasteiger partial charge on any atom is 0.0453 e. The summed E-state index contributed by atoms with van der Waals surface area (Å²) in [4.78, 5) is 0. The van der Waals surface area contributed by atoms with E-state index in [-0.39, 0.29) is 18.6 Å². The Kier molecular flexibility index (Phi) is 33.0. The summed E-state index contributed by atoms with van der Waals surface area (Å²) in [7, 11) is 0. The predicted molar refractivity (Wildman–Crippen MR) is 65.8 cm³/mol. The van der Waals surface area contributed by atoms with E-state index in [2.05, 4.69) is 0 Å². The third-order valence-electron chi connectivity index (χ3n) is 1.10. The summed E-state index contributed by atoms with van der Waals surface area (Å²) in [6.45, 7) is 12.7. The average Bonchev–Trinajstić information content (AvgIpc) is 2.19. The minimum atomic E-state index is 0. The van der Waals surface area contributed by atoms with Crippen molar-refractivity contribution in [1.29, 1.82) is 0 Å². The summed E-state index contributed by atoms with van der Waals surface area (Å²) < 4.78 is 0. The molecule has 0 unspecified atom stereocenters. The molecule has 4 heteroatoms. The second kappa shape index (κ2) is 20.8. The maximum absolute atomic E-state index is 8.14. The standard InChI is InChI=1S/3C4H10O.V/c3*1-4(2)3-5;/h3*4-5H,3H2,1-2H3;. The first-order valence-electron chi connectivity index (χ1n) is 5.64. The van der Waals surface area contributed by atoms with E-state index in [1.165, 1.54) is 0 Å². The summed E-state index contributed by atoms with van der Waals surface area (Å²) >= 11 is 0. The summed E-state index contributed by atoms with van der Waals surface area (Å²) in [5.41, 5.74) is 0. The van der Waals surface area contributed by atoms with Gasteiger partial charge >= 0.3 is 0 Å². The number of aliphatic hydroxyl groups is 3. The van der Waals surface area contributed by atoms with Crippen molar-refractivity contribution in [1.82, 2.24) is 0 Å². The molecule has 0 saturated heterocycles. The van der Waals surface area contributed by atoms with Crippen LogP contribution in [0.15, 0.2) is 0 Å². The molecule has 0 heterocycles. The Morgan fingerprint density at radius 3 is 0.625 bits per heavy atom. The maximum atomic E-state index is 8.14. The molecule has 0 aromatic heterocycles. The molecule has 0 fully saturated rings. The van der Waals surface area contributed by atoms with Crippen molar-refractivity contribution >= 4 is 0 Å². The SMILES string of the molecule is CC(C)CO.CC(C)CO.CC(C)CO.[V]. The molecule has 0 aliphatic heterocycles. The third kappa shape index (κ3) is 62.8. The molecule has 0 rings (SSSR count). The van der Waals surface area contributed by atoms with Crippen molar-refractivity contribution in [2.75, 3.05) is 19.8 Å². The Balaban J connectivity index is -0.0000000655. The summed E-state index contributed by atoms with van der Waals surface area (Å²) in [5, 5.41) is 24.4. The zero-order valence-corrected chi connectivity index (χ0v) is 13.0. The van der Waals surface area contributed by atoms with Crippen molar-refractivity contribution in [3.63, 3.8) is 0 Å². The normalized spacial score (nSPS) is 9.00. The van der Waals surface area contributed by atoms with E-state index in [1.54, 1.807) is 0 Å². The van der Waals surface area contributed by atoms with Crippen molar-refractivity contribution in [3.8, 4) is 0 Å². The Morgan fingerprint density at radius 2 is 0.625 bits per heavy atom. The van der Waals surface area contributed by atoms with Gasteiger partial charge < -0.3 is 15.3 Å². The van der Waals surface area contributed by atoms with E-state index in [9.17, 15) is 0 Å². The zero-order valence-electron chi connectivity index (χ0n) is 11.6. The van der Waals surface area contributed by atoms with E-state index < -0.39 is 0 Å². The van der Waals surface area contributed by atoms with E-state index in [4.69, 9.17) is 15.3 Å². The minimum Gasteiger partial charge on any atom is -0.396 e. The van der Waals surface area contributed by atoms with E-state index >= 15 is 0 Å². The van der Waals surface area contributed by atoms with Crippen LogP contribution in [-0.4, -0.2) is 35.1 Å². The Bertz CT molecular complexity index is 77.2. The van der Waals surface area contributed by atoms with E-state index in [1.807, 2.05) is 41.5 Å². The van der Waals surface area contributed by atoms with Gasteiger partial charge in [0.2, 0.25) is 0 Å². The molecule has 0 aliphatic rings.